The van der Waals surface area contributed by atoms with Crippen LogP contribution in [0.2, 0.25) is 0 Å². The molecule has 5 nitrogen and oxygen atoms in total. The summed E-state index contributed by atoms with van der Waals surface area (Å²) >= 11 is 0. The molecule has 27 heavy (non-hydrogen) atoms. The van der Waals surface area contributed by atoms with Gasteiger partial charge in [-0.15, -0.1) is 0 Å². The number of rotatable bonds is 13. The third-order valence-electron chi connectivity index (χ3n) is 4.57. The SMILES string of the molecule is CCCCCCCCCCCC[N+](C)(C)Cc1ccccc1.[O-][Cl+3]([O-])([O-])O. The minimum absolute atomic E-state index is 1.11. The van der Waals surface area contributed by atoms with Gasteiger partial charge in [0, 0.05) is 5.56 Å². The number of benzene rings is 1. The molecule has 0 amide bonds. The largest absolute Gasteiger partial charge is 0.325 e. The van der Waals surface area contributed by atoms with Crippen LogP contribution in [0.3, 0.4) is 0 Å². The minimum Gasteiger partial charge on any atom is -0.325 e. The second-order valence-electron chi connectivity index (χ2n) is 7.88. The zero-order valence-electron chi connectivity index (χ0n) is 17.4. The molecule has 158 valence electrons. The lowest BCUT2D eigenvalue weighted by atomic mass is 10.1. The Kier molecular flexibility index (Phi) is 14.9. The summed E-state index contributed by atoms with van der Waals surface area (Å²) < 4.78 is 33.8. The van der Waals surface area contributed by atoms with E-state index in [2.05, 4.69) is 51.4 Å². The van der Waals surface area contributed by atoms with E-state index in [4.69, 9.17) is 18.6 Å². The van der Waals surface area contributed by atoms with Crippen LogP contribution >= 0.6 is 0 Å². The molecule has 1 N–H and O–H groups in total. The van der Waals surface area contributed by atoms with E-state index in [-0.39, 0.29) is 0 Å². The number of hydrogen-bond donors (Lipinski definition) is 1. The number of quaternary nitrogens is 1. The van der Waals surface area contributed by atoms with E-state index in [1.165, 1.54) is 76.3 Å². The van der Waals surface area contributed by atoms with Crippen LogP contribution in [0.15, 0.2) is 30.3 Å². The average Bonchev–Trinajstić information content (AvgIpc) is 2.55. The van der Waals surface area contributed by atoms with E-state index in [1.54, 1.807) is 0 Å². The van der Waals surface area contributed by atoms with Crippen LogP contribution in [0, 0.1) is 10.2 Å². The van der Waals surface area contributed by atoms with Gasteiger partial charge in [0.25, 0.3) is 0 Å². The zero-order chi connectivity index (χ0) is 20.6. The Balaban J connectivity index is 0.00000119. The molecule has 0 bridgehead atoms. The van der Waals surface area contributed by atoms with Crippen LogP contribution in [0.5, 0.6) is 0 Å². The molecule has 0 fully saturated rings. The summed E-state index contributed by atoms with van der Waals surface area (Å²) in [7, 11) is 0.0292. The normalized spacial score (nSPS) is 11.8. The van der Waals surface area contributed by atoms with Crippen molar-refractivity contribution < 1.29 is 33.4 Å². The van der Waals surface area contributed by atoms with Gasteiger partial charge in [-0.3, -0.25) is 0 Å². The highest BCUT2D eigenvalue weighted by molar-refractivity contribution is 5.13. The lowest BCUT2D eigenvalue weighted by Gasteiger charge is -2.30. The van der Waals surface area contributed by atoms with Gasteiger partial charge in [-0.1, -0.05) is 88.6 Å². The Hall–Kier alpha value is -0.690. The molecule has 0 saturated heterocycles. The summed E-state index contributed by atoms with van der Waals surface area (Å²) in [5.74, 6) is 0. The average molecular weight is 405 g/mol. The molecule has 6 heteroatoms. The fourth-order valence-electron chi connectivity index (χ4n) is 3.18. The Labute approximate surface area is 168 Å². The highest BCUT2D eigenvalue weighted by atomic mass is 35.7. The van der Waals surface area contributed by atoms with E-state index < -0.39 is 10.2 Å². The maximum atomic E-state index is 8.60. The second kappa shape index (κ2) is 15.3. The van der Waals surface area contributed by atoms with Crippen molar-refractivity contribution in [2.75, 3.05) is 20.6 Å². The first kappa shape index (κ1) is 26.3. The van der Waals surface area contributed by atoms with Crippen LogP contribution in [0.25, 0.3) is 0 Å². The van der Waals surface area contributed by atoms with Crippen LogP contribution < -0.4 is 14.0 Å². The molecular weight excluding hydrogens is 366 g/mol. The van der Waals surface area contributed by atoms with Crippen LogP contribution in [-0.2, 0) is 6.54 Å². The molecule has 0 unspecified atom stereocenters. The molecule has 1 aromatic carbocycles. The summed E-state index contributed by atoms with van der Waals surface area (Å²) in [5.41, 5.74) is 1.46. The fraction of sp³-hybridized carbons (Fsp3) is 0.714. The number of hydrogen-bond acceptors (Lipinski definition) is 4. The van der Waals surface area contributed by atoms with Crippen LogP contribution in [-0.4, -0.2) is 29.8 Å². The van der Waals surface area contributed by atoms with E-state index in [0.717, 1.165) is 11.0 Å². The first-order valence-electron chi connectivity index (χ1n) is 10.1. The van der Waals surface area contributed by atoms with Gasteiger partial charge >= 0.3 is 0 Å². The van der Waals surface area contributed by atoms with E-state index in [1.807, 2.05) is 0 Å². The maximum absolute atomic E-state index is 8.60. The molecular formula is C21H39ClNO4+. The van der Waals surface area contributed by atoms with Crippen molar-refractivity contribution in [1.29, 1.82) is 0 Å². The first-order chi connectivity index (χ1) is 12.6. The highest BCUT2D eigenvalue weighted by Crippen LogP contribution is 2.13. The van der Waals surface area contributed by atoms with Gasteiger partial charge in [0.2, 0.25) is 0 Å². The van der Waals surface area contributed by atoms with Crippen molar-refractivity contribution in [1.82, 2.24) is 0 Å². The van der Waals surface area contributed by atoms with Crippen molar-refractivity contribution in [3.8, 4) is 0 Å². The summed E-state index contributed by atoms with van der Waals surface area (Å²) in [5, 5.41) is 0. The van der Waals surface area contributed by atoms with Gasteiger partial charge in [0.15, 0.2) is 0 Å². The Morgan fingerprint density at radius 1 is 0.778 bits per heavy atom. The first-order valence-corrected chi connectivity index (χ1v) is 11.4. The molecule has 0 aliphatic carbocycles. The molecule has 0 atom stereocenters. The van der Waals surface area contributed by atoms with Crippen molar-refractivity contribution in [2.24, 2.45) is 0 Å². The number of halogens is 1. The van der Waals surface area contributed by atoms with Gasteiger partial charge < -0.3 is 4.48 Å². The molecule has 0 radical (unpaired) electrons. The standard InChI is InChI=1S/C21H38N.ClHO4/c1-4-5-6-7-8-9-10-11-12-16-19-22(2,3)20-21-17-14-13-15-18-21;2-1(3,4)5/h13-15,17-18H,4-12,16,19-20H2,1-3H3;(H,2,3,4,5)/q+1;. The Morgan fingerprint density at radius 2 is 1.19 bits per heavy atom. The van der Waals surface area contributed by atoms with Gasteiger partial charge in [-0.25, -0.2) is 0 Å². The molecule has 0 aliphatic heterocycles. The monoisotopic (exact) mass is 404 g/mol. The van der Waals surface area contributed by atoms with Gasteiger partial charge in [0.05, 0.1) is 35.5 Å². The smallest absolute Gasteiger partial charge is 0.104 e. The summed E-state index contributed by atoms with van der Waals surface area (Å²) in [6, 6.07) is 10.9. The predicted molar refractivity (Wildman–Crippen MR) is 101 cm³/mol. The van der Waals surface area contributed by atoms with Crippen molar-refractivity contribution >= 4 is 0 Å². The minimum atomic E-state index is -4.69. The zero-order valence-corrected chi connectivity index (χ0v) is 18.1. The Morgan fingerprint density at radius 3 is 1.63 bits per heavy atom. The molecule has 1 aromatic rings. The molecule has 1 rings (SSSR count). The number of nitrogens with zero attached hydrogens (tertiary/aromatic N) is 1. The van der Waals surface area contributed by atoms with Crippen molar-refractivity contribution in [3.63, 3.8) is 0 Å². The second-order valence-corrected chi connectivity index (χ2v) is 8.67. The third-order valence-corrected chi connectivity index (χ3v) is 4.57. The summed E-state index contributed by atoms with van der Waals surface area (Å²) in [6.45, 7) is 4.74. The van der Waals surface area contributed by atoms with E-state index in [9.17, 15) is 0 Å². The molecule has 0 spiro atoms. The van der Waals surface area contributed by atoms with Gasteiger partial charge in [-0.2, -0.15) is 14.0 Å². The van der Waals surface area contributed by atoms with Crippen LogP contribution in [0.4, 0.5) is 0 Å². The van der Waals surface area contributed by atoms with E-state index in [0.29, 0.717) is 0 Å². The van der Waals surface area contributed by atoms with Crippen molar-refractivity contribution in [3.05, 3.63) is 35.9 Å². The van der Waals surface area contributed by atoms with E-state index >= 15 is 0 Å². The fourth-order valence-corrected chi connectivity index (χ4v) is 3.18. The lowest BCUT2D eigenvalue weighted by Crippen LogP contribution is -2.58. The maximum Gasteiger partial charge on any atom is 0.104 e. The lowest BCUT2D eigenvalue weighted by molar-refractivity contribution is -1.92. The topological polar surface area (TPSA) is 89.4 Å². The third kappa shape index (κ3) is 21.5. The predicted octanol–water partition coefficient (Wildman–Crippen LogP) is 2.06. The van der Waals surface area contributed by atoms with Gasteiger partial charge in [-0.05, 0) is 12.8 Å². The molecule has 0 saturated carbocycles. The summed E-state index contributed by atoms with van der Waals surface area (Å²) in [4.78, 5) is 0. The van der Waals surface area contributed by atoms with Crippen molar-refractivity contribution in [2.45, 2.75) is 77.7 Å². The molecule has 0 heterocycles. The molecule has 0 aliphatic rings. The van der Waals surface area contributed by atoms with Gasteiger partial charge in [0.1, 0.15) is 6.54 Å². The van der Waals surface area contributed by atoms with Crippen LogP contribution in [0.1, 0.15) is 76.7 Å². The number of unbranched alkanes of at least 4 members (excludes halogenated alkanes) is 9. The highest BCUT2D eigenvalue weighted by Gasteiger charge is 2.14. The quantitative estimate of drug-likeness (QED) is 0.402. The summed E-state index contributed by atoms with van der Waals surface area (Å²) in [6.07, 6.45) is 14.2. The Bertz CT molecular complexity index is 443. The molecule has 0 aromatic heterocycles.